The number of azo groups is 1. The minimum absolute atomic E-state index is 0.0685. The number of carboxylic acids is 1. The summed E-state index contributed by atoms with van der Waals surface area (Å²) >= 11 is 2.56. The summed E-state index contributed by atoms with van der Waals surface area (Å²) in [6.07, 6.45) is 2.59. The van der Waals surface area contributed by atoms with Crippen molar-refractivity contribution in [2.45, 2.75) is 21.7 Å². The van der Waals surface area contributed by atoms with Crippen molar-refractivity contribution in [3.8, 4) is 0 Å². The highest BCUT2D eigenvalue weighted by atomic mass is 32.2. The zero-order valence-electron chi connectivity index (χ0n) is 18.5. The maximum absolute atomic E-state index is 12.8. The van der Waals surface area contributed by atoms with Crippen LogP contribution in [0.3, 0.4) is 0 Å². The Hall–Kier alpha value is -2.90. The van der Waals surface area contributed by atoms with Crippen molar-refractivity contribution >= 4 is 56.4 Å². The van der Waals surface area contributed by atoms with Crippen molar-refractivity contribution in [1.82, 2.24) is 4.98 Å². The van der Waals surface area contributed by atoms with Crippen molar-refractivity contribution in [2.24, 2.45) is 16.0 Å². The molecule has 2 unspecified atom stereocenters. The van der Waals surface area contributed by atoms with Gasteiger partial charge in [-0.25, -0.2) is 18.2 Å². The predicted molar refractivity (Wildman–Crippen MR) is 138 cm³/mol. The number of benzene rings is 2. The number of rotatable bonds is 12. The number of nitrogens with zero attached hydrogens (tertiary/aromatic N) is 3. The van der Waals surface area contributed by atoms with Gasteiger partial charge in [0.25, 0.3) is 0 Å². The lowest BCUT2D eigenvalue weighted by atomic mass is 10.1. The summed E-state index contributed by atoms with van der Waals surface area (Å²) in [4.78, 5) is 13.2. The van der Waals surface area contributed by atoms with E-state index in [-0.39, 0.29) is 5.75 Å². The molecule has 4 N–H and O–H groups in total. The van der Waals surface area contributed by atoms with Crippen LogP contribution in [-0.2, 0) is 14.6 Å². The molecule has 2 aromatic carbocycles. The highest BCUT2D eigenvalue weighted by molar-refractivity contribution is 8.01. The summed E-state index contributed by atoms with van der Waals surface area (Å²) in [7, 11) is -4.33. The number of aliphatic carboxylic acids is 1. The zero-order valence-corrected chi connectivity index (χ0v) is 20.9. The van der Waals surface area contributed by atoms with Crippen LogP contribution in [-0.4, -0.2) is 52.1 Å². The summed E-state index contributed by atoms with van der Waals surface area (Å²) in [5.41, 5.74) is 7.85. The lowest BCUT2D eigenvalue weighted by molar-refractivity contribution is -0.140. The number of thiazole rings is 1. The first kappa shape index (κ1) is 26.7. The number of aliphatic hydroxyl groups excluding tert-OH is 1. The Bertz CT molecular complexity index is 1260. The third-order valence-corrected chi connectivity index (χ3v) is 9.01. The average molecular weight is 533 g/mol. The smallest absolute Gasteiger partial charge is 0.339 e. The fourth-order valence-corrected chi connectivity index (χ4v) is 5.88. The standard InChI is InChI=1S/C23H24N4O5S3/c24-23(21(29)30,15-20(28)16-34-22-25-12-13-33-22)35(31,32)14-4-5-17-8-10-19(11-9-17)27-26-18-6-2-1-3-7-18/h1-13,20,28H,14-16,24H2,(H,29,30). The van der Waals surface area contributed by atoms with E-state index in [4.69, 9.17) is 5.73 Å². The quantitative estimate of drug-likeness (QED) is 0.231. The van der Waals surface area contributed by atoms with Gasteiger partial charge in [-0.15, -0.1) is 11.3 Å². The third-order valence-electron chi connectivity index (χ3n) is 4.82. The molecule has 12 heteroatoms. The first-order valence-corrected chi connectivity index (χ1v) is 13.9. The molecule has 0 aliphatic carbocycles. The topological polar surface area (TPSA) is 155 Å². The number of carboxylic acid groups (broad SMARTS) is 1. The molecule has 35 heavy (non-hydrogen) atoms. The van der Waals surface area contributed by atoms with Gasteiger partial charge in [0.1, 0.15) is 4.34 Å². The van der Waals surface area contributed by atoms with Crippen LogP contribution in [0.1, 0.15) is 12.0 Å². The molecule has 3 rings (SSSR count). The molecule has 0 spiro atoms. The molecule has 0 bridgehead atoms. The summed E-state index contributed by atoms with van der Waals surface area (Å²) < 4.78 is 26.3. The van der Waals surface area contributed by atoms with E-state index in [1.807, 2.05) is 30.3 Å². The van der Waals surface area contributed by atoms with Gasteiger partial charge in [-0.3, -0.25) is 0 Å². The van der Waals surface area contributed by atoms with Crippen LogP contribution >= 0.6 is 23.1 Å². The highest BCUT2D eigenvalue weighted by Gasteiger charge is 2.48. The SMILES string of the molecule is NC(CC(O)CSc1nccs1)(C(=O)O)S(=O)(=O)CC=Cc1ccc(N=Nc2ccccc2)cc1. The molecule has 0 saturated carbocycles. The van der Waals surface area contributed by atoms with Crippen molar-refractivity contribution in [2.75, 3.05) is 11.5 Å². The second-order valence-corrected chi connectivity index (χ2v) is 11.9. The second-order valence-electron chi connectivity index (χ2n) is 7.47. The Morgan fingerprint density at radius 1 is 1.14 bits per heavy atom. The molecule has 0 amide bonds. The van der Waals surface area contributed by atoms with Gasteiger partial charge in [-0.05, 0) is 29.8 Å². The Morgan fingerprint density at radius 2 is 1.80 bits per heavy atom. The predicted octanol–water partition coefficient (Wildman–Crippen LogP) is 4.27. The van der Waals surface area contributed by atoms with Gasteiger partial charge in [0, 0.05) is 23.8 Å². The van der Waals surface area contributed by atoms with Gasteiger partial charge >= 0.3 is 5.97 Å². The molecule has 0 aliphatic rings. The van der Waals surface area contributed by atoms with Gasteiger partial charge in [-0.1, -0.05) is 54.2 Å². The van der Waals surface area contributed by atoms with Crippen LogP contribution in [0.15, 0.2) is 86.8 Å². The van der Waals surface area contributed by atoms with E-state index in [0.29, 0.717) is 15.6 Å². The third kappa shape index (κ3) is 7.54. The maximum atomic E-state index is 12.8. The number of carbonyl (C=O) groups is 1. The van der Waals surface area contributed by atoms with Crippen LogP contribution in [0, 0.1) is 0 Å². The van der Waals surface area contributed by atoms with Gasteiger partial charge in [0.05, 0.1) is 23.2 Å². The van der Waals surface area contributed by atoms with Gasteiger partial charge in [0.15, 0.2) is 9.84 Å². The summed E-state index contributed by atoms with van der Waals surface area (Å²) in [5.74, 6) is -2.24. The second kappa shape index (κ2) is 12.2. The number of hydrogen-bond donors (Lipinski definition) is 3. The summed E-state index contributed by atoms with van der Waals surface area (Å²) in [6.45, 7) is 0. The number of aliphatic hydroxyl groups is 1. The van der Waals surface area contributed by atoms with E-state index >= 15 is 0 Å². The number of sulfone groups is 1. The molecule has 1 aromatic heterocycles. The van der Waals surface area contributed by atoms with Crippen molar-refractivity contribution < 1.29 is 23.4 Å². The van der Waals surface area contributed by atoms with Gasteiger partial charge in [-0.2, -0.15) is 10.2 Å². The molecule has 184 valence electrons. The lowest BCUT2D eigenvalue weighted by Crippen LogP contribution is -2.57. The number of thioether (sulfide) groups is 1. The van der Waals surface area contributed by atoms with E-state index in [2.05, 4.69) is 15.2 Å². The molecule has 0 aliphatic heterocycles. The van der Waals surface area contributed by atoms with Gasteiger partial charge in [0.2, 0.25) is 4.87 Å². The molecule has 0 saturated heterocycles. The monoisotopic (exact) mass is 532 g/mol. The van der Waals surface area contributed by atoms with Crippen LogP contribution in [0.25, 0.3) is 6.08 Å². The molecule has 0 radical (unpaired) electrons. The molecule has 0 fully saturated rings. The molecule has 9 nitrogen and oxygen atoms in total. The minimum atomic E-state index is -4.33. The number of aromatic nitrogens is 1. The van der Waals surface area contributed by atoms with Crippen LogP contribution < -0.4 is 5.73 Å². The minimum Gasteiger partial charge on any atom is -0.479 e. The fraction of sp³-hybridized carbons (Fsp3) is 0.217. The number of nitrogens with two attached hydrogens (primary N) is 1. The van der Waals surface area contributed by atoms with E-state index in [9.17, 15) is 23.4 Å². The Morgan fingerprint density at radius 3 is 2.40 bits per heavy atom. The highest BCUT2D eigenvalue weighted by Crippen LogP contribution is 2.26. The molecule has 2 atom stereocenters. The van der Waals surface area contributed by atoms with Crippen molar-refractivity contribution in [3.63, 3.8) is 0 Å². The largest absolute Gasteiger partial charge is 0.479 e. The van der Waals surface area contributed by atoms with Crippen LogP contribution in [0.5, 0.6) is 0 Å². The molecular weight excluding hydrogens is 508 g/mol. The molecule has 3 aromatic rings. The lowest BCUT2D eigenvalue weighted by Gasteiger charge is -2.26. The van der Waals surface area contributed by atoms with Crippen molar-refractivity contribution in [1.29, 1.82) is 0 Å². The molecule has 1 heterocycles. The van der Waals surface area contributed by atoms with Crippen molar-refractivity contribution in [3.05, 3.63) is 77.8 Å². The van der Waals surface area contributed by atoms with E-state index in [1.54, 1.807) is 41.9 Å². The normalized spacial score (nSPS) is 14.8. The van der Waals surface area contributed by atoms with Crippen LogP contribution in [0.4, 0.5) is 11.4 Å². The van der Waals surface area contributed by atoms with E-state index < -0.39 is 39.0 Å². The maximum Gasteiger partial charge on any atom is 0.339 e. The first-order chi connectivity index (χ1) is 16.7. The van der Waals surface area contributed by atoms with E-state index in [0.717, 1.165) is 5.69 Å². The van der Waals surface area contributed by atoms with Crippen LogP contribution in [0.2, 0.25) is 0 Å². The zero-order chi connectivity index (χ0) is 25.3. The Labute approximate surface area is 211 Å². The van der Waals surface area contributed by atoms with Gasteiger partial charge < -0.3 is 15.9 Å². The van der Waals surface area contributed by atoms with E-state index in [1.165, 1.54) is 29.2 Å². The first-order valence-electron chi connectivity index (χ1n) is 10.4. The summed E-state index contributed by atoms with van der Waals surface area (Å²) in [5, 5.41) is 29.9. The summed E-state index contributed by atoms with van der Waals surface area (Å²) in [6, 6.07) is 16.2. The Kier molecular flexibility index (Phi) is 9.29. The average Bonchev–Trinajstić information content (AvgIpc) is 3.36. The fourth-order valence-electron chi connectivity index (χ4n) is 2.93. The molecular formula is C23H24N4O5S3. The Balaban J connectivity index is 1.60. The number of hydrogen-bond acceptors (Lipinski definition) is 10.